The first kappa shape index (κ1) is 23.7. The van der Waals surface area contributed by atoms with Crippen molar-refractivity contribution in [2.45, 2.75) is 17.8 Å². The van der Waals surface area contributed by atoms with Gasteiger partial charge in [-0.05, 0) is 23.4 Å². The number of amides is 2. The maximum absolute atomic E-state index is 13.1. The molecule has 3 rings (SSSR count). The Labute approximate surface area is 194 Å². The highest BCUT2D eigenvalue weighted by Gasteiger charge is 2.32. The topological polar surface area (TPSA) is 133 Å². The fraction of sp³-hybridized carbons (Fsp3) is 0.174. The van der Waals surface area contributed by atoms with E-state index in [0.29, 0.717) is 11.1 Å². The lowest BCUT2D eigenvalue weighted by molar-refractivity contribution is -0.139. The highest BCUT2D eigenvalue weighted by Crippen LogP contribution is 2.26. The molecule has 1 aromatic heterocycles. The Morgan fingerprint density at radius 2 is 1.64 bits per heavy atom. The van der Waals surface area contributed by atoms with Crippen LogP contribution in [0, 0.1) is 0 Å². The molecule has 0 saturated heterocycles. The number of carbonyl (C=O) groups is 3. The van der Waals surface area contributed by atoms with Crippen LogP contribution in [0.1, 0.15) is 16.8 Å². The molecule has 1 heterocycles. The average molecular weight is 467 g/mol. The van der Waals surface area contributed by atoms with Crippen LogP contribution in [-0.4, -0.2) is 55.8 Å². The van der Waals surface area contributed by atoms with Crippen LogP contribution in [-0.2, 0) is 4.79 Å². The Balaban J connectivity index is 1.85. The third-order valence-electron chi connectivity index (χ3n) is 4.89. The van der Waals surface area contributed by atoms with Gasteiger partial charge in [0.1, 0.15) is 12.4 Å². The number of rotatable bonds is 9. The Morgan fingerprint density at radius 3 is 2.24 bits per heavy atom. The zero-order chi connectivity index (χ0) is 23.8. The normalized spacial score (nSPS) is 12.4. The minimum absolute atomic E-state index is 0.170. The number of hydrogen-bond acceptors (Lipinski definition) is 6. The number of hydrogen-bond donors (Lipinski definition) is 3. The fourth-order valence-corrected chi connectivity index (χ4v) is 4.14. The summed E-state index contributed by atoms with van der Waals surface area (Å²) < 4.78 is 0. The van der Waals surface area contributed by atoms with Crippen LogP contribution in [0.3, 0.4) is 0 Å². The number of thioether (sulfide) groups is 1. The maximum Gasteiger partial charge on any atom is 0.412 e. The standard InChI is InChI=1S/C23H22N4O5S/c1-33-20(27(23(31)32)16-12-24-14-25-13-16)11-19(22(29)30)26-21(28)18-10-6-5-9-17(18)15-7-3-2-4-8-15/h2-10,12-14,19-20H,11H2,1H3,(H,26,28)(H,29,30)(H,31,32). The molecule has 33 heavy (non-hydrogen) atoms. The number of carbonyl (C=O) groups excluding carboxylic acids is 1. The molecule has 2 unspecified atom stereocenters. The lowest BCUT2D eigenvalue weighted by atomic mass is 9.99. The number of nitrogens with zero attached hydrogens (tertiary/aromatic N) is 3. The first-order valence-electron chi connectivity index (χ1n) is 9.90. The number of aromatic nitrogens is 2. The SMILES string of the molecule is CSC(CC(NC(=O)c1ccccc1-c1ccccc1)C(=O)O)N(C(=O)O)c1cncnc1. The zero-order valence-electron chi connectivity index (χ0n) is 17.7. The highest BCUT2D eigenvalue weighted by atomic mass is 32.2. The fourth-order valence-electron chi connectivity index (χ4n) is 3.33. The molecule has 0 aliphatic rings. The molecular formula is C23H22N4O5S. The Kier molecular flexibility index (Phi) is 7.98. The summed E-state index contributed by atoms with van der Waals surface area (Å²) in [6.45, 7) is 0. The zero-order valence-corrected chi connectivity index (χ0v) is 18.5. The van der Waals surface area contributed by atoms with E-state index in [0.717, 1.165) is 22.2 Å². The van der Waals surface area contributed by atoms with E-state index in [4.69, 9.17) is 0 Å². The second kappa shape index (κ2) is 11.1. The molecule has 2 aromatic carbocycles. The van der Waals surface area contributed by atoms with Crippen LogP contribution in [0.5, 0.6) is 0 Å². The minimum Gasteiger partial charge on any atom is -0.480 e. The predicted octanol–water partition coefficient (Wildman–Crippen LogP) is 3.59. The summed E-state index contributed by atoms with van der Waals surface area (Å²) in [4.78, 5) is 45.6. The molecule has 0 fully saturated rings. The number of carboxylic acid groups (broad SMARTS) is 2. The summed E-state index contributed by atoms with van der Waals surface area (Å²) in [5, 5.41) is 21.2. The third-order valence-corrected chi connectivity index (χ3v) is 5.84. The van der Waals surface area contributed by atoms with Gasteiger partial charge >= 0.3 is 12.1 Å². The van der Waals surface area contributed by atoms with Crippen molar-refractivity contribution in [1.29, 1.82) is 0 Å². The van der Waals surface area contributed by atoms with Crippen LogP contribution >= 0.6 is 11.8 Å². The Morgan fingerprint density at radius 1 is 1.00 bits per heavy atom. The molecule has 2 amide bonds. The van der Waals surface area contributed by atoms with Crippen molar-refractivity contribution in [2.75, 3.05) is 11.2 Å². The molecule has 2 atom stereocenters. The number of anilines is 1. The number of carboxylic acids is 1. The molecule has 3 aromatic rings. The van der Waals surface area contributed by atoms with E-state index in [9.17, 15) is 24.6 Å². The second-order valence-electron chi connectivity index (χ2n) is 6.95. The number of nitrogens with one attached hydrogen (secondary N) is 1. The molecule has 0 bridgehead atoms. The van der Waals surface area contributed by atoms with Gasteiger partial charge in [0.25, 0.3) is 5.91 Å². The van der Waals surface area contributed by atoms with Crippen LogP contribution in [0.2, 0.25) is 0 Å². The molecule has 0 radical (unpaired) electrons. The van der Waals surface area contributed by atoms with E-state index in [1.54, 1.807) is 30.5 Å². The van der Waals surface area contributed by atoms with E-state index >= 15 is 0 Å². The van der Waals surface area contributed by atoms with E-state index in [2.05, 4.69) is 15.3 Å². The smallest absolute Gasteiger partial charge is 0.412 e. The van der Waals surface area contributed by atoms with Gasteiger partial charge in [-0.3, -0.25) is 9.69 Å². The molecule has 0 aliphatic carbocycles. The summed E-state index contributed by atoms with van der Waals surface area (Å²) in [6, 6.07) is 14.8. The van der Waals surface area contributed by atoms with Gasteiger partial charge in [-0.2, -0.15) is 0 Å². The van der Waals surface area contributed by atoms with Crippen molar-refractivity contribution in [3.05, 3.63) is 78.9 Å². The van der Waals surface area contributed by atoms with Gasteiger partial charge in [0.05, 0.1) is 23.5 Å². The quantitative estimate of drug-likeness (QED) is 0.408. The summed E-state index contributed by atoms with van der Waals surface area (Å²) in [5.41, 5.74) is 2.00. The summed E-state index contributed by atoms with van der Waals surface area (Å²) in [7, 11) is 0. The van der Waals surface area contributed by atoms with Crippen molar-refractivity contribution >= 4 is 35.4 Å². The molecule has 0 saturated carbocycles. The van der Waals surface area contributed by atoms with Crippen molar-refractivity contribution in [1.82, 2.24) is 15.3 Å². The Bertz CT molecular complexity index is 1110. The highest BCUT2D eigenvalue weighted by molar-refractivity contribution is 7.99. The van der Waals surface area contributed by atoms with Gasteiger partial charge in [0.2, 0.25) is 0 Å². The second-order valence-corrected chi connectivity index (χ2v) is 7.97. The number of benzene rings is 2. The van der Waals surface area contributed by atoms with Crippen molar-refractivity contribution < 1.29 is 24.6 Å². The van der Waals surface area contributed by atoms with Crippen molar-refractivity contribution in [2.24, 2.45) is 0 Å². The van der Waals surface area contributed by atoms with E-state index in [1.807, 2.05) is 30.3 Å². The predicted molar refractivity (Wildman–Crippen MR) is 125 cm³/mol. The summed E-state index contributed by atoms with van der Waals surface area (Å²) in [6.07, 6.45) is 4.13. The van der Waals surface area contributed by atoms with Gasteiger partial charge in [-0.1, -0.05) is 48.5 Å². The monoisotopic (exact) mass is 466 g/mol. The lowest BCUT2D eigenvalue weighted by Gasteiger charge is -2.29. The molecule has 170 valence electrons. The van der Waals surface area contributed by atoms with Crippen LogP contribution in [0.25, 0.3) is 11.1 Å². The first-order valence-corrected chi connectivity index (χ1v) is 11.2. The van der Waals surface area contributed by atoms with E-state index in [1.165, 1.54) is 18.7 Å². The van der Waals surface area contributed by atoms with Crippen LogP contribution in [0.15, 0.2) is 73.3 Å². The molecular weight excluding hydrogens is 444 g/mol. The molecule has 10 heteroatoms. The third kappa shape index (κ3) is 5.86. The summed E-state index contributed by atoms with van der Waals surface area (Å²) in [5.74, 6) is -1.83. The summed E-state index contributed by atoms with van der Waals surface area (Å²) >= 11 is 1.14. The maximum atomic E-state index is 13.1. The molecule has 9 nitrogen and oxygen atoms in total. The molecule has 0 spiro atoms. The number of aliphatic carboxylic acids is 1. The molecule has 3 N–H and O–H groups in total. The van der Waals surface area contributed by atoms with Crippen LogP contribution in [0.4, 0.5) is 10.5 Å². The van der Waals surface area contributed by atoms with E-state index < -0.39 is 29.4 Å². The lowest BCUT2D eigenvalue weighted by Crippen LogP contribution is -2.47. The van der Waals surface area contributed by atoms with Crippen molar-refractivity contribution in [3.8, 4) is 11.1 Å². The van der Waals surface area contributed by atoms with Crippen molar-refractivity contribution in [3.63, 3.8) is 0 Å². The van der Waals surface area contributed by atoms with Gasteiger partial charge in [-0.25, -0.2) is 19.6 Å². The Hall–Kier alpha value is -3.92. The van der Waals surface area contributed by atoms with Gasteiger partial charge in [-0.15, -0.1) is 11.8 Å². The van der Waals surface area contributed by atoms with Gasteiger partial charge in [0, 0.05) is 12.0 Å². The first-order chi connectivity index (χ1) is 15.9. The average Bonchev–Trinajstić information content (AvgIpc) is 2.83. The van der Waals surface area contributed by atoms with E-state index in [-0.39, 0.29) is 12.1 Å². The van der Waals surface area contributed by atoms with Gasteiger partial charge in [0.15, 0.2) is 0 Å². The van der Waals surface area contributed by atoms with Crippen LogP contribution < -0.4 is 10.2 Å². The van der Waals surface area contributed by atoms with Gasteiger partial charge < -0.3 is 15.5 Å². The largest absolute Gasteiger partial charge is 0.480 e. The molecule has 0 aliphatic heterocycles. The minimum atomic E-state index is -1.33.